The van der Waals surface area contributed by atoms with Crippen LogP contribution >= 0.6 is 0 Å². The molecule has 0 fully saturated rings. The van der Waals surface area contributed by atoms with Crippen LogP contribution in [0, 0.1) is 0 Å². The van der Waals surface area contributed by atoms with Gasteiger partial charge in [-0.2, -0.15) is 4.31 Å². The first-order valence-electron chi connectivity index (χ1n) is 6.24. The first kappa shape index (κ1) is 15.9. The molecule has 108 valence electrons. The highest BCUT2D eigenvalue weighted by molar-refractivity contribution is 7.89. The lowest BCUT2D eigenvalue weighted by Crippen LogP contribution is -2.29. The molecule has 19 heavy (non-hydrogen) atoms. The van der Waals surface area contributed by atoms with E-state index in [1.54, 1.807) is 26.2 Å². The SMILES string of the molecule is CNc1cccnc1S(=O)(=O)N(C)CCCCCO. The molecule has 0 aliphatic carbocycles. The molecule has 0 bridgehead atoms. The third kappa shape index (κ3) is 4.15. The average Bonchev–Trinajstić information content (AvgIpc) is 2.43. The summed E-state index contributed by atoms with van der Waals surface area (Å²) in [5.41, 5.74) is 0.490. The average molecular weight is 287 g/mol. The number of nitrogens with zero attached hydrogens (tertiary/aromatic N) is 2. The fraction of sp³-hybridized carbons (Fsp3) is 0.583. The second-order valence-electron chi connectivity index (χ2n) is 4.22. The summed E-state index contributed by atoms with van der Waals surface area (Å²) in [4.78, 5) is 3.95. The maximum absolute atomic E-state index is 12.3. The Labute approximate surface area is 114 Å². The predicted molar refractivity (Wildman–Crippen MR) is 74.5 cm³/mol. The number of hydrogen-bond acceptors (Lipinski definition) is 5. The van der Waals surface area contributed by atoms with Gasteiger partial charge in [0.15, 0.2) is 5.03 Å². The highest BCUT2D eigenvalue weighted by Gasteiger charge is 2.24. The molecule has 0 amide bonds. The van der Waals surface area contributed by atoms with Crippen LogP contribution in [-0.2, 0) is 10.0 Å². The maximum atomic E-state index is 12.3. The number of sulfonamides is 1. The van der Waals surface area contributed by atoms with Crippen molar-refractivity contribution < 1.29 is 13.5 Å². The Kier molecular flexibility index (Phi) is 6.20. The van der Waals surface area contributed by atoms with E-state index in [4.69, 9.17) is 5.11 Å². The minimum atomic E-state index is -3.57. The summed E-state index contributed by atoms with van der Waals surface area (Å²) < 4.78 is 26.0. The van der Waals surface area contributed by atoms with E-state index in [2.05, 4.69) is 10.3 Å². The molecule has 0 atom stereocenters. The summed E-state index contributed by atoms with van der Waals surface area (Å²) in [5, 5.41) is 11.6. The quantitative estimate of drug-likeness (QED) is 0.694. The minimum Gasteiger partial charge on any atom is -0.396 e. The molecule has 0 aromatic carbocycles. The van der Waals surface area contributed by atoms with E-state index in [1.165, 1.54) is 10.5 Å². The van der Waals surface area contributed by atoms with E-state index in [0.29, 0.717) is 18.7 Å². The number of aliphatic hydroxyl groups is 1. The molecule has 1 aromatic heterocycles. The number of unbranched alkanes of at least 4 members (excludes halogenated alkanes) is 2. The van der Waals surface area contributed by atoms with E-state index >= 15 is 0 Å². The molecular formula is C12H21N3O3S. The van der Waals surface area contributed by atoms with Gasteiger partial charge in [0.2, 0.25) is 0 Å². The van der Waals surface area contributed by atoms with Crippen molar-refractivity contribution in [2.45, 2.75) is 24.3 Å². The number of nitrogens with one attached hydrogen (secondary N) is 1. The molecule has 0 saturated heterocycles. The van der Waals surface area contributed by atoms with E-state index in [1.807, 2.05) is 0 Å². The number of hydrogen-bond donors (Lipinski definition) is 2. The monoisotopic (exact) mass is 287 g/mol. The first-order chi connectivity index (χ1) is 9.04. The highest BCUT2D eigenvalue weighted by atomic mass is 32.2. The zero-order valence-corrected chi connectivity index (χ0v) is 12.2. The van der Waals surface area contributed by atoms with Gasteiger partial charge in [-0.05, 0) is 31.4 Å². The second-order valence-corrected chi connectivity index (χ2v) is 6.18. The van der Waals surface area contributed by atoms with Gasteiger partial charge in [-0.15, -0.1) is 0 Å². The van der Waals surface area contributed by atoms with Gasteiger partial charge in [0, 0.05) is 33.4 Å². The topological polar surface area (TPSA) is 82.5 Å². The fourth-order valence-corrected chi connectivity index (χ4v) is 2.98. The number of anilines is 1. The van der Waals surface area contributed by atoms with Crippen molar-refractivity contribution in [3.8, 4) is 0 Å². The van der Waals surface area contributed by atoms with Crippen LogP contribution in [0.15, 0.2) is 23.4 Å². The van der Waals surface area contributed by atoms with Gasteiger partial charge in [0.05, 0.1) is 5.69 Å². The van der Waals surface area contributed by atoms with Gasteiger partial charge >= 0.3 is 0 Å². The molecule has 0 radical (unpaired) electrons. The van der Waals surface area contributed by atoms with E-state index in [0.717, 1.165) is 12.8 Å². The van der Waals surface area contributed by atoms with Crippen molar-refractivity contribution in [1.29, 1.82) is 0 Å². The summed E-state index contributed by atoms with van der Waals surface area (Å²) in [5.74, 6) is 0. The maximum Gasteiger partial charge on any atom is 0.262 e. The van der Waals surface area contributed by atoms with Crippen molar-refractivity contribution >= 4 is 15.7 Å². The molecule has 0 aliphatic rings. The molecule has 7 heteroatoms. The van der Waals surface area contributed by atoms with Crippen molar-refractivity contribution in [3.63, 3.8) is 0 Å². The van der Waals surface area contributed by atoms with Crippen LogP contribution in [0.2, 0.25) is 0 Å². The van der Waals surface area contributed by atoms with Crippen LogP contribution in [0.4, 0.5) is 5.69 Å². The van der Waals surface area contributed by atoms with Crippen molar-refractivity contribution in [3.05, 3.63) is 18.3 Å². The summed E-state index contributed by atoms with van der Waals surface area (Å²) in [6.07, 6.45) is 3.68. The van der Waals surface area contributed by atoms with Gasteiger partial charge in [-0.1, -0.05) is 0 Å². The van der Waals surface area contributed by atoms with Crippen LogP contribution in [0.3, 0.4) is 0 Å². The lowest BCUT2D eigenvalue weighted by atomic mass is 10.2. The Bertz CT molecular complexity index is 491. The third-order valence-corrected chi connectivity index (χ3v) is 4.64. The van der Waals surface area contributed by atoms with Gasteiger partial charge in [-0.3, -0.25) is 0 Å². The number of aromatic nitrogens is 1. The summed E-state index contributed by atoms with van der Waals surface area (Å²) >= 11 is 0. The zero-order valence-electron chi connectivity index (χ0n) is 11.3. The first-order valence-corrected chi connectivity index (χ1v) is 7.68. The van der Waals surface area contributed by atoms with Gasteiger partial charge in [0.1, 0.15) is 0 Å². The normalized spacial score (nSPS) is 11.8. The Morgan fingerprint density at radius 1 is 1.37 bits per heavy atom. The Morgan fingerprint density at radius 2 is 2.11 bits per heavy atom. The molecule has 0 aliphatic heterocycles. The number of rotatable bonds is 8. The van der Waals surface area contributed by atoms with Crippen LogP contribution in [0.5, 0.6) is 0 Å². The molecular weight excluding hydrogens is 266 g/mol. The molecule has 6 nitrogen and oxygen atoms in total. The standard InChI is InChI=1S/C12H21N3O3S/c1-13-11-7-6-8-14-12(11)19(17,18)15(2)9-4-3-5-10-16/h6-8,13,16H,3-5,9-10H2,1-2H3. The Hall–Kier alpha value is -1.18. The van der Waals surface area contributed by atoms with Crippen molar-refractivity contribution in [2.75, 3.05) is 32.6 Å². The van der Waals surface area contributed by atoms with Crippen LogP contribution in [0.1, 0.15) is 19.3 Å². The predicted octanol–water partition coefficient (Wildman–Crippen LogP) is 0.906. The lowest BCUT2D eigenvalue weighted by molar-refractivity contribution is 0.281. The summed E-state index contributed by atoms with van der Waals surface area (Å²) in [6.45, 7) is 0.558. The van der Waals surface area contributed by atoms with Crippen LogP contribution in [-0.4, -0.2) is 50.1 Å². The van der Waals surface area contributed by atoms with Crippen molar-refractivity contribution in [1.82, 2.24) is 9.29 Å². The molecule has 2 N–H and O–H groups in total. The lowest BCUT2D eigenvalue weighted by Gasteiger charge is -2.18. The Morgan fingerprint density at radius 3 is 2.74 bits per heavy atom. The smallest absolute Gasteiger partial charge is 0.262 e. The van der Waals surface area contributed by atoms with Crippen LogP contribution < -0.4 is 5.32 Å². The zero-order chi connectivity index (χ0) is 14.3. The summed E-state index contributed by atoms with van der Waals surface area (Å²) in [6, 6.07) is 3.37. The van der Waals surface area contributed by atoms with E-state index in [-0.39, 0.29) is 11.6 Å². The molecule has 0 unspecified atom stereocenters. The molecule has 1 rings (SSSR count). The Balaban J connectivity index is 2.79. The fourth-order valence-electron chi connectivity index (χ4n) is 1.68. The van der Waals surface area contributed by atoms with Gasteiger partial charge < -0.3 is 10.4 Å². The number of aliphatic hydroxyl groups excluding tert-OH is 1. The van der Waals surface area contributed by atoms with E-state index in [9.17, 15) is 8.42 Å². The largest absolute Gasteiger partial charge is 0.396 e. The molecule has 0 saturated carbocycles. The van der Waals surface area contributed by atoms with E-state index < -0.39 is 10.0 Å². The molecule has 1 heterocycles. The third-order valence-electron chi connectivity index (χ3n) is 2.83. The highest BCUT2D eigenvalue weighted by Crippen LogP contribution is 2.20. The molecule has 0 spiro atoms. The van der Waals surface area contributed by atoms with Gasteiger partial charge in [-0.25, -0.2) is 13.4 Å². The second kappa shape index (κ2) is 7.42. The molecule has 1 aromatic rings. The van der Waals surface area contributed by atoms with Crippen LogP contribution in [0.25, 0.3) is 0 Å². The minimum absolute atomic E-state index is 0.0437. The van der Waals surface area contributed by atoms with Gasteiger partial charge in [0.25, 0.3) is 10.0 Å². The summed E-state index contributed by atoms with van der Waals surface area (Å²) in [7, 11) is -0.364. The number of pyridine rings is 1. The van der Waals surface area contributed by atoms with Crippen molar-refractivity contribution in [2.24, 2.45) is 0 Å².